The van der Waals surface area contributed by atoms with Crippen molar-refractivity contribution in [2.24, 2.45) is 0 Å². The number of esters is 1. The summed E-state index contributed by atoms with van der Waals surface area (Å²) in [4.78, 5) is 25.0. The van der Waals surface area contributed by atoms with Crippen molar-refractivity contribution in [1.29, 1.82) is 0 Å². The molecule has 0 aliphatic carbocycles. The molecule has 0 spiro atoms. The molecule has 1 saturated heterocycles. The fourth-order valence-corrected chi connectivity index (χ4v) is 8.88. The van der Waals surface area contributed by atoms with Crippen LogP contribution in [0.2, 0.25) is 0 Å². The molecular weight excluding hydrogens is 883 g/mol. The van der Waals surface area contributed by atoms with Gasteiger partial charge in [0.15, 0.2) is 6.29 Å². The second-order valence-electron chi connectivity index (χ2n) is 20.0. The number of aliphatic hydroxyl groups is 5. The van der Waals surface area contributed by atoms with Crippen molar-refractivity contribution >= 4 is 11.9 Å². The van der Waals surface area contributed by atoms with Crippen molar-refractivity contribution in [3.8, 4) is 0 Å². The molecular formula is C59H107NO10. The van der Waals surface area contributed by atoms with Crippen LogP contribution in [0.3, 0.4) is 0 Å². The molecule has 1 aliphatic heterocycles. The first kappa shape index (κ1) is 65.6. The van der Waals surface area contributed by atoms with E-state index in [1.165, 1.54) is 141 Å². The number of unbranched alkanes of at least 4 members (excludes halogenated alkanes) is 30. The molecule has 1 aliphatic rings. The number of rotatable bonds is 49. The van der Waals surface area contributed by atoms with Gasteiger partial charge in [0, 0.05) is 12.8 Å². The van der Waals surface area contributed by atoms with Gasteiger partial charge in [-0.25, -0.2) is 0 Å². The van der Waals surface area contributed by atoms with Crippen LogP contribution < -0.4 is 5.32 Å². The Morgan fingerprint density at radius 1 is 0.543 bits per heavy atom. The number of nitrogens with one attached hydrogen (secondary N) is 1. The fourth-order valence-electron chi connectivity index (χ4n) is 8.88. The van der Waals surface area contributed by atoms with E-state index < -0.39 is 49.5 Å². The Morgan fingerprint density at radius 3 is 1.50 bits per heavy atom. The Hall–Kier alpha value is -2.38. The number of allylic oxidation sites excluding steroid dienone is 7. The van der Waals surface area contributed by atoms with E-state index in [2.05, 4.69) is 42.6 Å². The number of carbonyl (C=O) groups is 2. The first-order chi connectivity index (χ1) is 34.2. The molecule has 1 rings (SSSR count). The summed E-state index contributed by atoms with van der Waals surface area (Å²) in [5, 5.41) is 54.1. The second kappa shape index (κ2) is 48.9. The van der Waals surface area contributed by atoms with E-state index in [0.29, 0.717) is 25.9 Å². The minimum Gasteiger partial charge on any atom is -0.466 e. The normalized spacial score (nSPS) is 19.6. The average Bonchev–Trinajstić information content (AvgIpc) is 3.36. The molecule has 0 saturated carbocycles. The van der Waals surface area contributed by atoms with Crippen LogP contribution in [-0.2, 0) is 23.8 Å². The maximum Gasteiger partial charge on any atom is 0.305 e. The predicted octanol–water partition coefficient (Wildman–Crippen LogP) is 12.9. The molecule has 7 atom stereocenters. The first-order valence-electron chi connectivity index (χ1n) is 28.9. The van der Waals surface area contributed by atoms with E-state index in [0.717, 1.165) is 77.0 Å². The third-order valence-corrected chi connectivity index (χ3v) is 13.5. The van der Waals surface area contributed by atoms with Crippen LogP contribution in [0.25, 0.3) is 0 Å². The highest BCUT2D eigenvalue weighted by Gasteiger charge is 2.44. The van der Waals surface area contributed by atoms with Gasteiger partial charge in [-0.05, 0) is 77.6 Å². The van der Waals surface area contributed by atoms with Gasteiger partial charge in [-0.2, -0.15) is 0 Å². The number of hydrogen-bond acceptors (Lipinski definition) is 10. The highest BCUT2D eigenvalue weighted by molar-refractivity contribution is 5.76. The monoisotopic (exact) mass is 990 g/mol. The summed E-state index contributed by atoms with van der Waals surface area (Å²) in [7, 11) is 0. The lowest BCUT2D eigenvalue weighted by Crippen LogP contribution is -2.60. The predicted molar refractivity (Wildman–Crippen MR) is 287 cm³/mol. The van der Waals surface area contributed by atoms with Gasteiger partial charge in [0.05, 0.1) is 32.0 Å². The molecule has 0 radical (unpaired) electrons. The number of hydrogen-bond donors (Lipinski definition) is 6. The molecule has 0 aromatic heterocycles. The number of ether oxygens (including phenoxy) is 3. The van der Waals surface area contributed by atoms with Gasteiger partial charge in [-0.1, -0.05) is 210 Å². The molecule has 1 amide bonds. The molecule has 6 N–H and O–H groups in total. The third kappa shape index (κ3) is 38.3. The van der Waals surface area contributed by atoms with Gasteiger partial charge in [0.1, 0.15) is 24.4 Å². The molecule has 11 nitrogen and oxygen atoms in total. The molecule has 1 fully saturated rings. The summed E-state index contributed by atoms with van der Waals surface area (Å²) in [6, 6.07) is -0.840. The van der Waals surface area contributed by atoms with E-state index >= 15 is 0 Å². The van der Waals surface area contributed by atoms with Crippen molar-refractivity contribution in [3.05, 3.63) is 48.6 Å². The van der Waals surface area contributed by atoms with Crippen LogP contribution in [0.15, 0.2) is 48.6 Å². The molecule has 0 bridgehead atoms. The van der Waals surface area contributed by atoms with Crippen LogP contribution >= 0.6 is 0 Å². The second-order valence-corrected chi connectivity index (χ2v) is 20.0. The molecule has 0 aromatic carbocycles. The Balaban J connectivity index is 2.04. The van der Waals surface area contributed by atoms with Crippen LogP contribution in [0, 0.1) is 0 Å². The van der Waals surface area contributed by atoms with E-state index in [-0.39, 0.29) is 18.5 Å². The average molecular weight is 991 g/mol. The lowest BCUT2D eigenvalue weighted by Gasteiger charge is -2.40. The van der Waals surface area contributed by atoms with Gasteiger partial charge in [0.25, 0.3) is 0 Å². The zero-order valence-electron chi connectivity index (χ0n) is 44.7. The van der Waals surface area contributed by atoms with Gasteiger partial charge >= 0.3 is 5.97 Å². The van der Waals surface area contributed by atoms with Gasteiger partial charge in [-0.15, -0.1) is 0 Å². The minimum absolute atomic E-state index is 0.00792. The Labute approximate surface area is 427 Å². The minimum atomic E-state index is -1.58. The van der Waals surface area contributed by atoms with Crippen LogP contribution in [-0.4, -0.2) is 100 Å². The van der Waals surface area contributed by atoms with Crippen molar-refractivity contribution in [2.45, 2.75) is 294 Å². The number of aliphatic hydroxyl groups excluding tert-OH is 5. The Bertz CT molecular complexity index is 1300. The van der Waals surface area contributed by atoms with Gasteiger partial charge in [0.2, 0.25) is 5.91 Å². The summed E-state index contributed by atoms with van der Waals surface area (Å²) in [5.74, 6) is -0.217. The third-order valence-electron chi connectivity index (χ3n) is 13.5. The Morgan fingerprint density at radius 2 is 0.986 bits per heavy atom. The van der Waals surface area contributed by atoms with E-state index in [9.17, 15) is 35.1 Å². The summed E-state index contributed by atoms with van der Waals surface area (Å²) in [6.07, 6.45) is 50.9. The van der Waals surface area contributed by atoms with E-state index in [4.69, 9.17) is 14.2 Å². The Kier molecular flexibility index (Phi) is 45.8. The van der Waals surface area contributed by atoms with Crippen LogP contribution in [0.4, 0.5) is 0 Å². The van der Waals surface area contributed by atoms with Crippen molar-refractivity contribution in [1.82, 2.24) is 5.32 Å². The largest absolute Gasteiger partial charge is 0.466 e. The molecule has 7 unspecified atom stereocenters. The standard InChI is InChI=1S/C59H107NO10/c1-3-5-7-9-11-13-14-23-27-31-35-39-43-47-55(64)68-48-44-40-36-32-28-25-22-20-18-16-15-17-19-21-24-26-30-34-38-42-46-54(63)60-51(52(62)45-41-37-33-29-12-10-8-6-4-2)50-69-59-58(67)57(66)56(65)53(49-61)70-59/h4,6,12,15,17,29,41,45,51-53,56-59,61-62,65-67H,3,5,7-11,13-14,16,18-28,30-40,42-44,46-50H2,1-2H3,(H,60,63)/b6-4+,17-15-,29-12+,45-41+. The maximum atomic E-state index is 13.0. The highest BCUT2D eigenvalue weighted by Crippen LogP contribution is 2.23. The lowest BCUT2D eigenvalue weighted by atomic mass is 9.99. The fraction of sp³-hybridized carbons (Fsp3) is 0.831. The van der Waals surface area contributed by atoms with Crippen molar-refractivity contribution < 1.29 is 49.3 Å². The zero-order chi connectivity index (χ0) is 51.0. The molecule has 0 aromatic rings. The van der Waals surface area contributed by atoms with Crippen molar-refractivity contribution in [3.63, 3.8) is 0 Å². The topological polar surface area (TPSA) is 175 Å². The summed E-state index contributed by atoms with van der Waals surface area (Å²) in [6.45, 7) is 4.07. The van der Waals surface area contributed by atoms with Gasteiger partial charge in [-0.3, -0.25) is 9.59 Å². The van der Waals surface area contributed by atoms with Gasteiger partial charge < -0.3 is 45.1 Å². The molecule has 11 heteroatoms. The highest BCUT2D eigenvalue weighted by atomic mass is 16.7. The molecule has 408 valence electrons. The van der Waals surface area contributed by atoms with Crippen LogP contribution in [0.1, 0.15) is 251 Å². The molecule has 70 heavy (non-hydrogen) atoms. The van der Waals surface area contributed by atoms with Crippen LogP contribution in [0.5, 0.6) is 0 Å². The number of amides is 1. The quantitative estimate of drug-likeness (QED) is 0.0196. The first-order valence-corrected chi connectivity index (χ1v) is 28.9. The summed E-state index contributed by atoms with van der Waals surface area (Å²) < 4.78 is 16.6. The maximum absolute atomic E-state index is 13.0. The zero-order valence-corrected chi connectivity index (χ0v) is 44.7. The smallest absolute Gasteiger partial charge is 0.305 e. The van der Waals surface area contributed by atoms with E-state index in [1.54, 1.807) is 6.08 Å². The summed E-state index contributed by atoms with van der Waals surface area (Å²) in [5.41, 5.74) is 0. The SMILES string of the molecule is C/C=C/CC/C=C/CC/C=C/C(O)C(COC1OC(CO)C(O)C(O)C1O)NC(=O)CCCCCCCCC/C=C\CCCCCCCCCCCOC(=O)CCCCCCCCCCCCCCC. The van der Waals surface area contributed by atoms with E-state index in [1.807, 2.05) is 19.1 Å². The van der Waals surface area contributed by atoms with Crippen molar-refractivity contribution in [2.75, 3.05) is 19.8 Å². The molecule has 1 heterocycles. The lowest BCUT2D eigenvalue weighted by molar-refractivity contribution is -0.302. The number of carbonyl (C=O) groups excluding carboxylic acids is 2. The summed E-state index contributed by atoms with van der Waals surface area (Å²) >= 11 is 0.